The summed E-state index contributed by atoms with van der Waals surface area (Å²) in [5.74, 6) is -1.16. The Bertz CT molecular complexity index is 1440. The van der Waals surface area contributed by atoms with Gasteiger partial charge in [-0.15, -0.1) is 0 Å². The maximum Gasteiger partial charge on any atom is 0.335 e. The Morgan fingerprint density at radius 3 is 2.19 bits per heavy atom. The molecular formula is C24H12Br2Cl4N2O4. The lowest BCUT2D eigenvalue weighted by molar-refractivity contribution is -0.122. The van der Waals surface area contributed by atoms with Crippen molar-refractivity contribution in [2.45, 2.75) is 6.61 Å². The van der Waals surface area contributed by atoms with E-state index in [0.717, 1.165) is 10.5 Å². The minimum absolute atomic E-state index is 0.153. The minimum Gasteiger partial charge on any atom is -0.486 e. The van der Waals surface area contributed by atoms with E-state index in [9.17, 15) is 14.4 Å². The number of nitrogens with zero attached hydrogens (tertiary/aromatic N) is 1. The van der Waals surface area contributed by atoms with Crippen LogP contribution in [0.15, 0.2) is 63.0 Å². The molecule has 0 spiro atoms. The van der Waals surface area contributed by atoms with Crippen molar-refractivity contribution in [1.29, 1.82) is 0 Å². The highest BCUT2D eigenvalue weighted by Gasteiger charge is 2.37. The minimum atomic E-state index is -0.896. The first-order valence-corrected chi connectivity index (χ1v) is 13.1. The van der Waals surface area contributed by atoms with E-state index in [0.29, 0.717) is 30.3 Å². The molecule has 1 aliphatic rings. The number of carbonyl (C=O) groups is 3. The van der Waals surface area contributed by atoms with E-state index in [1.807, 2.05) is 0 Å². The molecule has 6 nitrogen and oxygen atoms in total. The van der Waals surface area contributed by atoms with Crippen LogP contribution in [0.1, 0.15) is 11.1 Å². The molecule has 1 saturated heterocycles. The Morgan fingerprint density at radius 2 is 1.56 bits per heavy atom. The van der Waals surface area contributed by atoms with Crippen LogP contribution >= 0.6 is 78.3 Å². The lowest BCUT2D eigenvalue weighted by atomic mass is 10.1. The van der Waals surface area contributed by atoms with E-state index in [1.54, 1.807) is 30.3 Å². The number of barbiturate groups is 1. The van der Waals surface area contributed by atoms with Gasteiger partial charge >= 0.3 is 6.03 Å². The van der Waals surface area contributed by atoms with Crippen LogP contribution in [-0.2, 0) is 16.2 Å². The van der Waals surface area contributed by atoms with Crippen molar-refractivity contribution >= 4 is 108 Å². The Kier molecular flexibility index (Phi) is 8.34. The summed E-state index contributed by atoms with van der Waals surface area (Å²) in [6, 6.07) is 11.8. The van der Waals surface area contributed by atoms with Gasteiger partial charge in [0.1, 0.15) is 17.9 Å². The molecule has 4 rings (SSSR count). The molecule has 12 heteroatoms. The third-order valence-corrected chi connectivity index (χ3v) is 7.49. The van der Waals surface area contributed by atoms with E-state index in [1.165, 1.54) is 24.3 Å². The molecule has 0 aliphatic carbocycles. The van der Waals surface area contributed by atoms with Gasteiger partial charge in [0.2, 0.25) is 0 Å². The van der Waals surface area contributed by atoms with Gasteiger partial charge in [-0.1, -0.05) is 52.5 Å². The second kappa shape index (κ2) is 11.1. The van der Waals surface area contributed by atoms with Crippen molar-refractivity contribution in [2.75, 3.05) is 4.90 Å². The van der Waals surface area contributed by atoms with Gasteiger partial charge < -0.3 is 4.74 Å². The highest BCUT2D eigenvalue weighted by atomic mass is 79.9. The summed E-state index contributed by atoms with van der Waals surface area (Å²) in [4.78, 5) is 38.9. The number of benzene rings is 3. The van der Waals surface area contributed by atoms with Gasteiger partial charge in [-0.25, -0.2) is 9.69 Å². The summed E-state index contributed by atoms with van der Waals surface area (Å²) in [6.07, 6.45) is 1.37. The van der Waals surface area contributed by atoms with Crippen molar-refractivity contribution in [3.8, 4) is 5.75 Å². The molecular weight excluding hydrogens is 682 g/mol. The van der Waals surface area contributed by atoms with Crippen molar-refractivity contribution in [3.05, 3.63) is 94.3 Å². The monoisotopic (exact) mass is 690 g/mol. The predicted molar refractivity (Wildman–Crippen MR) is 148 cm³/mol. The third-order valence-electron chi connectivity index (χ3n) is 4.98. The largest absolute Gasteiger partial charge is 0.486 e. The van der Waals surface area contributed by atoms with Crippen LogP contribution in [-0.4, -0.2) is 17.8 Å². The lowest BCUT2D eigenvalue weighted by Crippen LogP contribution is -2.54. The van der Waals surface area contributed by atoms with E-state index in [2.05, 4.69) is 37.2 Å². The zero-order valence-electron chi connectivity index (χ0n) is 17.8. The number of imide groups is 2. The molecule has 3 aromatic carbocycles. The molecule has 1 N–H and O–H groups in total. The van der Waals surface area contributed by atoms with Crippen LogP contribution < -0.4 is 15.0 Å². The summed E-state index contributed by atoms with van der Waals surface area (Å²) in [5.41, 5.74) is 1.15. The fourth-order valence-electron chi connectivity index (χ4n) is 3.27. The predicted octanol–water partition coefficient (Wildman–Crippen LogP) is 8.07. The number of amides is 4. The van der Waals surface area contributed by atoms with Crippen molar-refractivity contribution < 1.29 is 19.1 Å². The molecule has 0 radical (unpaired) electrons. The van der Waals surface area contributed by atoms with Crippen LogP contribution in [0.2, 0.25) is 20.1 Å². The molecule has 0 aromatic heterocycles. The number of ether oxygens (including phenoxy) is 1. The van der Waals surface area contributed by atoms with E-state index < -0.39 is 17.8 Å². The third kappa shape index (κ3) is 5.74. The second-order valence-corrected chi connectivity index (χ2v) is 10.8. The molecule has 36 heavy (non-hydrogen) atoms. The van der Waals surface area contributed by atoms with Gasteiger partial charge in [0.15, 0.2) is 0 Å². The van der Waals surface area contributed by atoms with Gasteiger partial charge in [0.05, 0.1) is 24.7 Å². The lowest BCUT2D eigenvalue weighted by Gasteiger charge is -2.26. The maximum atomic E-state index is 13.1. The van der Waals surface area contributed by atoms with Crippen molar-refractivity contribution in [3.63, 3.8) is 0 Å². The Hall–Kier alpha value is -2.07. The first-order chi connectivity index (χ1) is 17.0. The molecule has 184 valence electrons. The summed E-state index contributed by atoms with van der Waals surface area (Å²) in [7, 11) is 0. The average molecular weight is 694 g/mol. The number of nitrogens with one attached hydrogen (secondary N) is 1. The van der Waals surface area contributed by atoms with E-state index in [-0.39, 0.29) is 27.9 Å². The van der Waals surface area contributed by atoms with Crippen molar-refractivity contribution in [2.24, 2.45) is 0 Å². The van der Waals surface area contributed by atoms with Crippen LogP contribution in [0, 0.1) is 0 Å². The van der Waals surface area contributed by atoms with E-state index in [4.69, 9.17) is 51.1 Å². The van der Waals surface area contributed by atoms with Gasteiger partial charge in [-0.05, 0) is 86.0 Å². The molecule has 3 aromatic rings. The number of halogens is 6. The summed E-state index contributed by atoms with van der Waals surface area (Å²) < 4.78 is 7.01. The first kappa shape index (κ1) is 27.0. The molecule has 0 atom stereocenters. The van der Waals surface area contributed by atoms with Gasteiger partial charge in [-0.2, -0.15) is 0 Å². The molecule has 1 fully saturated rings. The Balaban J connectivity index is 1.61. The number of anilines is 1. The smallest absolute Gasteiger partial charge is 0.335 e. The molecule has 1 heterocycles. The number of carbonyl (C=O) groups excluding carboxylic acids is 3. The first-order valence-electron chi connectivity index (χ1n) is 9.97. The molecule has 4 amide bonds. The van der Waals surface area contributed by atoms with E-state index >= 15 is 0 Å². The fraction of sp³-hybridized carbons (Fsp3) is 0.0417. The van der Waals surface area contributed by atoms with Crippen LogP contribution in [0.3, 0.4) is 0 Å². The van der Waals surface area contributed by atoms with Crippen LogP contribution in [0.4, 0.5) is 10.5 Å². The van der Waals surface area contributed by atoms with Crippen molar-refractivity contribution in [1.82, 2.24) is 5.32 Å². The maximum absolute atomic E-state index is 13.1. The zero-order chi connectivity index (χ0) is 26.1. The number of hydrogen-bond acceptors (Lipinski definition) is 4. The van der Waals surface area contributed by atoms with Gasteiger partial charge in [0.25, 0.3) is 11.8 Å². The summed E-state index contributed by atoms with van der Waals surface area (Å²) in [5, 5.41) is 3.56. The van der Waals surface area contributed by atoms with Gasteiger partial charge in [0, 0.05) is 15.6 Å². The van der Waals surface area contributed by atoms with Crippen LogP contribution in [0.25, 0.3) is 6.08 Å². The fourth-order valence-corrected chi connectivity index (χ4v) is 5.48. The molecule has 0 bridgehead atoms. The normalized spacial score (nSPS) is 14.9. The summed E-state index contributed by atoms with van der Waals surface area (Å²) in [6.45, 7) is 0.176. The zero-order valence-corrected chi connectivity index (χ0v) is 23.9. The molecule has 1 aliphatic heterocycles. The topological polar surface area (TPSA) is 75.7 Å². The second-order valence-electron chi connectivity index (χ2n) is 7.39. The Morgan fingerprint density at radius 1 is 0.861 bits per heavy atom. The number of rotatable bonds is 5. The van der Waals surface area contributed by atoms with Crippen LogP contribution in [0.5, 0.6) is 5.75 Å². The number of urea groups is 1. The average Bonchev–Trinajstić information content (AvgIpc) is 2.79. The molecule has 0 unspecified atom stereocenters. The SMILES string of the molecule is O=C1NC(=O)N(c2ccc(Cl)c(Cl)c2)C(=O)/C1=C/c1cc(Br)c(OCc2ccc(Cl)cc2Cl)c(Br)c1. The number of hydrogen-bond donors (Lipinski definition) is 1. The molecule has 0 saturated carbocycles. The highest BCUT2D eigenvalue weighted by molar-refractivity contribution is 9.11. The highest BCUT2D eigenvalue weighted by Crippen LogP contribution is 2.37. The van der Waals surface area contributed by atoms with Gasteiger partial charge in [-0.3, -0.25) is 14.9 Å². The summed E-state index contributed by atoms with van der Waals surface area (Å²) >= 11 is 31.0. The Labute approximate surface area is 242 Å². The standard InChI is InChI=1S/C24H12Br2Cl4N2O4/c25-16-6-11(7-17(26)21(16)36-10-12-1-2-13(27)8-19(12)29)5-15-22(33)31-24(35)32(23(15)34)14-3-4-18(28)20(30)9-14/h1-9H,10H2,(H,31,33,35)/b15-5+. The quantitative estimate of drug-likeness (QED) is 0.217.